The Morgan fingerprint density at radius 2 is 2.20 bits per heavy atom. The molecule has 1 amide bonds. The fourth-order valence-corrected chi connectivity index (χ4v) is 1.44. The molecule has 0 aromatic heterocycles. The van der Waals surface area contributed by atoms with Crippen LogP contribution >= 0.6 is 0 Å². The van der Waals surface area contributed by atoms with Crippen molar-refractivity contribution < 1.29 is 9.53 Å². The lowest BCUT2D eigenvalue weighted by Gasteiger charge is -2.09. The number of ether oxygens (including phenoxy) is 1. The van der Waals surface area contributed by atoms with Crippen molar-refractivity contribution in [2.75, 3.05) is 7.11 Å². The Kier molecular flexibility index (Phi) is 4.16. The molecule has 1 rings (SSSR count). The van der Waals surface area contributed by atoms with Crippen LogP contribution in [0.5, 0.6) is 5.75 Å². The minimum absolute atomic E-state index is 0.0103. The van der Waals surface area contributed by atoms with Gasteiger partial charge in [-0.05, 0) is 23.6 Å². The van der Waals surface area contributed by atoms with Gasteiger partial charge in [-0.1, -0.05) is 19.1 Å². The minimum atomic E-state index is -0.0103. The molecule has 3 nitrogen and oxygen atoms in total. The Morgan fingerprint density at radius 1 is 1.47 bits per heavy atom. The van der Waals surface area contributed by atoms with Gasteiger partial charge in [0.05, 0.1) is 7.11 Å². The third-order valence-electron chi connectivity index (χ3n) is 2.27. The first-order valence-electron chi connectivity index (χ1n) is 5.07. The van der Waals surface area contributed by atoms with E-state index in [-0.39, 0.29) is 5.91 Å². The van der Waals surface area contributed by atoms with Crippen LogP contribution in [0.2, 0.25) is 0 Å². The maximum atomic E-state index is 10.8. The predicted molar refractivity (Wildman–Crippen MR) is 59.9 cm³/mol. The van der Waals surface area contributed by atoms with E-state index in [1.165, 1.54) is 12.5 Å². The standard InChI is InChI=1S/C12H17NO2/c1-4-11-7-10(8-13-9(2)14)5-6-12(11)15-3/h5-7H,4,8H2,1-3H3,(H,13,14). The van der Waals surface area contributed by atoms with Gasteiger partial charge in [0, 0.05) is 13.5 Å². The summed E-state index contributed by atoms with van der Waals surface area (Å²) < 4.78 is 5.23. The van der Waals surface area contributed by atoms with E-state index in [9.17, 15) is 4.79 Å². The molecule has 0 spiro atoms. The van der Waals surface area contributed by atoms with Gasteiger partial charge in [-0.25, -0.2) is 0 Å². The molecule has 0 radical (unpaired) electrons. The average Bonchev–Trinajstić information content (AvgIpc) is 2.25. The number of methoxy groups -OCH3 is 1. The van der Waals surface area contributed by atoms with Crippen molar-refractivity contribution >= 4 is 5.91 Å². The third kappa shape index (κ3) is 3.27. The molecule has 3 heteroatoms. The van der Waals surface area contributed by atoms with Crippen LogP contribution in [0, 0.1) is 0 Å². The number of amides is 1. The van der Waals surface area contributed by atoms with Crippen molar-refractivity contribution in [2.45, 2.75) is 26.8 Å². The van der Waals surface area contributed by atoms with Crippen LogP contribution in [0.4, 0.5) is 0 Å². The monoisotopic (exact) mass is 207 g/mol. The number of benzene rings is 1. The highest BCUT2D eigenvalue weighted by Gasteiger charge is 2.02. The van der Waals surface area contributed by atoms with Crippen molar-refractivity contribution in [3.8, 4) is 5.75 Å². The Bertz CT molecular complexity index is 347. The Labute approximate surface area is 90.4 Å². The summed E-state index contributed by atoms with van der Waals surface area (Å²) in [7, 11) is 1.67. The highest BCUT2D eigenvalue weighted by Crippen LogP contribution is 2.20. The number of nitrogens with one attached hydrogen (secondary N) is 1. The van der Waals surface area contributed by atoms with Crippen molar-refractivity contribution in [3.63, 3.8) is 0 Å². The number of hydrogen-bond donors (Lipinski definition) is 1. The number of carbonyl (C=O) groups excluding carboxylic acids is 1. The molecule has 82 valence electrons. The van der Waals surface area contributed by atoms with E-state index in [0.29, 0.717) is 6.54 Å². The first-order valence-corrected chi connectivity index (χ1v) is 5.07. The van der Waals surface area contributed by atoms with Crippen LogP contribution in [0.1, 0.15) is 25.0 Å². The van der Waals surface area contributed by atoms with E-state index in [1.54, 1.807) is 7.11 Å². The largest absolute Gasteiger partial charge is 0.496 e. The van der Waals surface area contributed by atoms with Crippen LogP contribution < -0.4 is 10.1 Å². The van der Waals surface area contributed by atoms with E-state index >= 15 is 0 Å². The summed E-state index contributed by atoms with van der Waals surface area (Å²) >= 11 is 0. The SMILES string of the molecule is CCc1cc(CNC(C)=O)ccc1OC. The van der Waals surface area contributed by atoms with Crippen molar-refractivity contribution in [3.05, 3.63) is 29.3 Å². The molecule has 1 aromatic rings. The van der Waals surface area contributed by atoms with Crippen molar-refractivity contribution in [1.29, 1.82) is 0 Å². The first-order chi connectivity index (χ1) is 7.17. The van der Waals surface area contributed by atoms with Crippen LogP contribution in [0.3, 0.4) is 0 Å². The summed E-state index contributed by atoms with van der Waals surface area (Å²) in [6, 6.07) is 5.97. The third-order valence-corrected chi connectivity index (χ3v) is 2.27. The van der Waals surface area contributed by atoms with Gasteiger partial charge < -0.3 is 10.1 Å². The van der Waals surface area contributed by atoms with Gasteiger partial charge in [0.2, 0.25) is 5.91 Å². The lowest BCUT2D eigenvalue weighted by molar-refractivity contribution is -0.119. The summed E-state index contributed by atoms with van der Waals surface area (Å²) in [5.74, 6) is 0.896. The molecule has 0 aliphatic rings. The highest BCUT2D eigenvalue weighted by molar-refractivity contribution is 5.72. The summed E-state index contributed by atoms with van der Waals surface area (Å²) in [6.45, 7) is 4.18. The molecule has 1 N–H and O–H groups in total. The second kappa shape index (κ2) is 5.39. The van der Waals surface area contributed by atoms with Crippen molar-refractivity contribution in [1.82, 2.24) is 5.32 Å². The maximum absolute atomic E-state index is 10.8. The van der Waals surface area contributed by atoms with E-state index in [0.717, 1.165) is 17.7 Å². The number of carbonyl (C=O) groups is 1. The maximum Gasteiger partial charge on any atom is 0.217 e. The highest BCUT2D eigenvalue weighted by atomic mass is 16.5. The Balaban J connectivity index is 2.78. The molecule has 0 aliphatic heterocycles. The molecule has 0 heterocycles. The quantitative estimate of drug-likeness (QED) is 0.818. The lowest BCUT2D eigenvalue weighted by Crippen LogP contribution is -2.18. The zero-order valence-corrected chi connectivity index (χ0v) is 9.46. The predicted octanol–water partition coefficient (Wildman–Crippen LogP) is 1.89. The molecule has 0 unspecified atom stereocenters. The van der Waals surface area contributed by atoms with Crippen LogP contribution in [-0.2, 0) is 17.8 Å². The first kappa shape index (κ1) is 11.6. The molecule has 15 heavy (non-hydrogen) atoms. The number of rotatable bonds is 4. The second-order valence-electron chi connectivity index (χ2n) is 3.41. The lowest BCUT2D eigenvalue weighted by atomic mass is 10.1. The van der Waals surface area contributed by atoms with E-state index in [1.807, 2.05) is 12.1 Å². The topological polar surface area (TPSA) is 38.3 Å². The van der Waals surface area contributed by atoms with Gasteiger partial charge in [-0.2, -0.15) is 0 Å². The zero-order valence-electron chi connectivity index (χ0n) is 9.46. The van der Waals surface area contributed by atoms with Crippen molar-refractivity contribution in [2.24, 2.45) is 0 Å². The van der Waals surface area contributed by atoms with Gasteiger partial charge in [0.15, 0.2) is 0 Å². The Morgan fingerprint density at radius 3 is 2.73 bits per heavy atom. The molecule has 0 saturated heterocycles. The van der Waals surface area contributed by atoms with Gasteiger partial charge in [0.1, 0.15) is 5.75 Å². The second-order valence-corrected chi connectivity index (χ2v) is 3.41. The Hall–Kier alpha value is -1.51. The van der Waals surface area contributed by atoms with Gasteiger partial charge in [0.25, 0.3) is 0 Å². The summed E-state index contributed by atoms with van der Waals surface area (Å²) in [5.41, 5.74) is 2.27. The molecular weight excluding hydrogens is 190 g/mol. The van der Waals surface area contributed by atoms with E-state index < -0.39 is 0 Å². The number of aryl methyl sites for hydroxylation is 1. The smallest absolute Gasteiger partial charge is 0.217 e. The summed E-state index contributed by atoms with van der Waals surface area (Å²) in [6.07, 6.45) is 0.928. The fraction of sp³-hybridized carbons (Fsp3) is 0.417. The van der Waals surface area contributed by atoms with E-state index in [2.05, 4.69) is 18.3 Å². The molecule has 1 aromatic carbocycles. The molecular formula is C12H17NO2. The zero-order chi connectivity index (χ0) is 11.3. The fourth-order valence-electron chi connectivity index (χ4n) is 1.44. The summed E-state index contributed by atoms with van der Waals surface area (Å²) in [5, 5.41) is 2.77. The molecule has 0 fully saturated rings. The van der Waals surface area contributed by atoms with Gasteiger partial charge >= 0.3 is 0 Å². The molecule has 0 saturated carbocycles. The van der Waals surface area contributed by atoms with Crippen LogP contribution in [-0.4, -0.2) is 13.0 Å². The van der Waals surface area contributed by atoms with Gasteiger partial charge in [-0.3, -0.25) is 4.79 Å². The average molecular weight is 207 g/mol. The molecule has 0 aliphatic carbocycles. The number of hydrogen-bond acceptors (Lipinski definition) is 2. The molecule has 0 bridgehead atoms. The minimum Gasteiger partial charge on any atom is -0.496 e. The normalized spacial score (nSPS) is 9.80. The van der Waals surface area contributed by atoms with Crippen LogP contribution in [0.25, 0.3) is 0 Å². The van der Waals surface area contributed by atoms with E-state index in [4.69, 9.17) is 4.74 Å². The van der Waals surface area contributed by atoms with Crippen LogP contribution in [0.15, 0.2) is 18.2 Å². The molecule has 0 atom stereocenters. The summed E-state index contributed by atoms with van der Waals surface area (Å²) in [4.78, 5) is 10.8. The van der Waals surface area contributed by atoms with Gasteiger partial charge in [-0.15, -0.1) is 0 Å².